The molecule has 0 bridgehead atoms. The molecular weight excluding hydrogens is 252 g/mol. The topological polar surface area (TPSA) is 47.7 Å². The molecule has 0 heterocycles. The van der Waals surface area contributed by atoms with Gasteiger partial charge in [0.15, 0.2) is 0 Å². The second-order valence-electron chi connectivity index (χ2n) is 7.22. The molecule has 0 aliphatic heterocycles. The van der Waals surface area contributed by atoms with Crippen molar-refractivity contribution in [1.82, 2.24) is 4.90 Å². The summed E-state index contributed by atoms with van der Waals surface area (Å²) in [7, 11) is 4.10. The quantitative estimate of drug-likeness (QED) is 0.732. The molecule has 124 valence electrons. The van der Waals surface area contributed by atoms with E-state index in [9.17, 15) is 0 Å². The van der Waals surface area contributed by atoms with Crippen LogP contribution >= 0.6 is 0 Å². The Labute approximate surface area is 127 Å². The Morgan fingerprint density at radius 3 is 1.60 bits per heavy atom. The van der Waals surface area contributed by atoms with Crippen LogP contribution in [-0.2, 0) is 9.47 Å². The highest BCUT2D eigenvalue weighted by molar-refractivity contribution is 4.59. The van der Waals surface area contributed by atoms with E-state index >= 15 is 0 Å². The Morgan fingerprint density at radius 2 is 1.25 bits per heavy atom. The van der Waals surface area contributed by atoms with Gasteiger partial charge < -0.3 is 20.1 Å². The van der Waals surface area contributed by atoms with E-state index in [4.69, 9.17) is 15.2 Å². The van der Waals surface area contributed by atoms with Crippen molar-refractivity contribution in [3.8, 4) is 0 Å². The molecule has 0 saturated carbocycles. The molecule has 0 aliphatic carbocycles. The summed E-state index contributed by atoms with van der Waals surface area (Å²) in [5.41, 5.74) is 5.34. The van der Waals surface area contributed by atoms with Crippen molar-refractivity contribution in [3.63, 3.8) is 0 Å². The van der Waals surface area contributed by atoms with Gasteiger partial charge in [0.1, 0.15) is 0 Å². The van der Waals surface area contributed by atoms with E-state index in [0.29, 0.717) is 0 Å². The van der Waals surface area contributed by atoms with Crippen LogP contribution in [0.1, 0.15) is 54.4 Å². The molecule has 0 amide bonds. The number of ether oxygens (including phenoxy) is 2. The molecule has 0 radical (unpaired) electrons. The van der Waals surface area contributed by atoms with Crippen LogP contribution in [0.2, 0.25) is 0 Å². The molecule has 0 unspecified atom stereocenters. The lowest BCUT2D eigenvalue weighted by atomic mass is 10.2. The Balaban J connectivity index is 0. The third-order valence-corrected chi connectivity index (χ3v) is 2.21. The molecule has 0 spiro atoms. The van der Waals surface area contributed by atoms with E-state index in [1.807, 2.05) is 14.1 Å². The normalized spacial score (nSPS) is 12.3. The minimum absolute atomic E-state index is 0.00853. The summed E-state index contributed by atoms with van der Waals surface area (Å²) in [6, 6.07) is 0. The maximum absolute atomic E-state index is 5.50. The smallest absolute Gasteiger partial charge is 0.0600 e. The van der Waals surface area contributed by atoms with Crippen LogP contribution in [0.15, 0.2) is 0 Å². The number of unbranched alkanes of at least 4 members (excludes halogenated alkanes) is 1. The standard InChI is InChI=1S/2C8H19NO/c1-8(2,3)10-7-6-9(4)5;1-8(2,3)10-7-5-4-6-9/h6-7H2,1-5H3;4-7,9H2,1-3H3. The Morgan fingerprint density at radius 1 is 0.800 bits per heavy atom. The van der Waals surface area contributed by atoms with E-state index in [2.05, 4.69) is 46.4 Å². The number of rotatable bonds is 7. The van der Waals surface area contributed by atoms with Crippen LogP contribution in [0.5, 0.6) is 0 Å². The number of likely N-dealkylation sites (N-methyl/N-ethyl adjacent to an activating group) is 1. The van der Waals surface area contributed by atoms with Gasteiger partial charge in [-0.3, -0.25) is 0 Å². The highest BCUT2D eigenvalue weighted by Gasteiger charge is 2.09. The summed E-state index contributed by atoms with van der Waals surface area (Å²) in [6.07, 6.45) is 2.14. The van der Waals surface area contributed by atoms with Gasteiger partial charge in [-0.05, 0) is 75.0 Å². The lowest BCUT2D eigenvalue weighted by molar-refractivity contribution is -0.00874. The Hall–Kier alpha value is -0.160. The number of nitrogens with zero attached hydrogens (tertiary/aromatic N) is 1. The molecule has 0 aliphatic rings. The van der Waals surface area contributed by atoms with E-state index in [-0.39, 0.29) is 11.2 Å². The number of hydrogen-bond acceptors (Lipinski definition) is 4. The molecule has 0 aromatic heterocycles. The van der Waals surface area contributed by atoms with Crippen molar-refractivity contribution < 1.29 is 9.47 Å². The van der Waals surface area contributed by atoms with Crippen molar-refractivity contribution in [2.24, 2.45) is 5.73 Å². The SMILES string of the molecule is CC(C)(C)OCCCCN.CN(C)CCOC(C)(C)C. The van der Waals surface area contributed by atoms with Crippen LogP contribution in [-0.4, -0.2) is 56.5 Å². The molecule has 0 aromatic rings. The van der Waals surface area contributed by atoms with Gasteiger partial charge in [-0.1, -0.05) is 0 Å². The van der Waals surface area contributed by atoms with Crippen molar-refractivity contribution in [1.29, 1.82) is 0 Å². The minimum atomic E-state index is 0.00853. The summed E-state index contributed by atoms with van der Waals surface area (Å²) >= 11 is 0. The summed E-state index contributed by atoms with van der Waals surface area (Å²) in [5, 5.41) is 0. The van der Waals surface area contributed by atoms with Gasteiger partial charge in [0.2, 0.25) is 0 Å². The highest BCUT2D eigenvalue weighted by Crippen LogP contribution is 2.07. The summed E-state index contributed by atoms with van der Waals surface area (Å²) in [6.45, 7) is 15.8. The number of nitrogens with two attached hydrogens (primary N) is 1. The van der Waals surface area contributed by atoms with Crippen LogP contribution in [0.4, 0.5) is 0 Å². The average Bonchev–Trinajstić information content (AvgIpc) is 2.21. The first-order valence-electron chi connectivity index (χ1n) is 7.60. The summed E-state index contributed by atoms with van der Waals surface area (Å²) < 4.78 is 11.0. The molecule has 4 heteroatoms. The van der Waals surface area contributed by atoms with Crippen LogP contribution < -0.4 is 5.73 Å². The van der Waals surface area contributed by atoms with Crippen LogP contribution in [0.3, 0.4) is 0 Å². The van der Waals surface area contributed by atoms with Gasteiger partial charge in [0.25, 0.3) is 0 Å². The monoisotopic (exact) mass is 290 g/mol. The molecule has 0 fully saturated rings. The zero-order valence-electron chi connectivity index (χ0n) is 15.1. The zero-order valence-corrected chi connectivity index (χ0v) is 15.1. The fraction of sp³-hybridized carbons (Fsp3) is 1.00. The van der Waals surface area contributed by atoms with Gasteiger partial charge >= 0.3 is 0 Å². The third kappa shape index (κ3) is 26.4. The Bertz CT molecular complexity index is 206. The van der Waals surface area contributed by atoms with Crippen molar-refractivity contribution >= 4 is 0 Å². The molecule has 20 heavy (non-hydrogen) atoms. The molecule has 0 atom stereocenters. The number of hydrogen-bond donors (Lipinski definition) is 1. The predicted molar refractivity (Wildman–Crippen MR) is 88.3 cm³/mol. The zero-order chi connectivity index (χ0) is 16.2. The van der Waals surface area contributed by atoms with Gasteiger partial charge in [0.05, 0.1) is 17.8 Å². The first-order chi connectivity index (χ1) is 8.98. The van der Waals surface area contributed by atoms with Gasteiger partial charge in [-0.15, -0.1) is 0 Å². The van der Waals surface area contributed by atoms with Crippen LogP contribution in [0.25, 0.3) is 0 Å². The van der Waals surface area contributed by atoms with Crippen molar-refractivity contribution in [2.75, 3.05) is 40.4 Å². The maximum Gasteiger partial charge on any atom is 0.0600 e. The van der Waals surface area contributed by atoms with Crippen molar-refractivity contribution in [2.45, 2.75) is 65.6 Å². The molecular formula is C16H38N2O2. The lowest BCUT2D eigenvalue weighted by Gasteiger charge is -2.20. The largest absolute Gasteiger partial charge is 0.376 e. The summed E-state index contributed by atoms with van der Waals surface area (Å²) in [5.74, 6) is 0. The van der Waals surface area contributed by atoms with E-state index in [1.54, 1.807) is 0 Å². The lowest BCUT2D eigenvalue weighted by Crippen LogP contribution is -2.25. The second-order valence-corrected chi connectivity index (χ2v) is 7.22. The fourth-order valence-corrected chi connectivity index (χ4v) is 1.16. The molecule has 0 saturated heterocycles. The summed E-state index contributed by atoms with van der Waals surface area (Å²) in [4.78, 5) is 2.12. The highest BCUT2D eigenvalue weighted by atomic mass is 16.5. The first kappa shape index (κ1) is 22.1. The maximum atomic E-state index is 5.50. The first-order valence-corrected chi connectivity index (χ1v) is 7.60. The molecule has 0 rings (SSSR count). The van der Waals surface area contributed by atoms with E-state index in [0.717, 1.165) is 39.1 Å². The predicted octanol–water partition coefficient (Wildman–Crippen LogP) is 2.90. The van der Waals surface area contributed by atoms with Gasteiger partial charge in [-0.2, -0.15) is 0 Å². The third-order valence-electron chi connectivity index (χ3n) is 2.21. The molecule has 4 nitrogen and oxygen atoms in total. The van der Waals surface area contributed by atoms with Gasteiger partial charge in [0, 0.05) is 13.2 Å². The van der Waals surface area contributed by atoms with E-state index in [1.165, 1.54) is 0 Å². The minimum Gasteiger partial charge on any atom is -0.376 e. The van der Waals surface area contributed by atoms with E-state index < -0.39 is 0 Å². The fourth-order valence-electron chi connectivity index (χ4n) is 1.16. The van der Waals surface area contributed by atoms with Gasteiger partial charge in [-0.25, -0.2) is 0 Å². The Kier molecular flexibility index (Phi) is 12.7. The average molecular weight is 290 g/mol. The van der Waals surface area contributed by atoms with Crippen LogP contribution in [0, 0.1) is 0 Å². The second kappa shape index (κ2) is 11.5. The molecule has 0 aromatic carbocycles. The molecule has 2 N–H and O–H groups in total. The van der Waals surface area contributed by atoms with Crippen molar-refractivity contribution in [3.05, 3.63) is 0 Å².